The Balaban J connectivity index is 0.00000264. The van der Waals surface area contributed by atoms with Crippen molar-refractivity contribution in [3.63, 3.8) is 0 Å². The van der Waals surface area contributed by atoms with Gasteiger partial charge in [-0.2, -0.15) is 0 Å². The number of rotatable bonds is 8. The Labute approximate surface area is 156 Å². The number of benzene rings is 1. The first kappa shape index (κ1) is 23.1. The molecule has 1 aromatic heterocycles. The highest BCUT2D eigenvalue weighted by atomic mass is 35.5. The number of nitrogens with zero attached hydrogens (tertiary/aromatic N) is 1. The van der Waals surface area contributed by atoms with Gasteiger partial charge >= 0.3 is 0 Å². The molecule has 2 N–H and O–H groups in total. The molecule has 0 aliphatic heterocycles. The maximum atomic E-state index is 12.4. The first-order valence-electron chi connectivity index (χ1n) is 7.60. The average Bonchev–Trinajstić information content (AvgIpc) is 2.53. The van der Waals surface area contributed by atoms with Crippen LogP contribution in [0.1, 0.15) is 26.7 Å². The largest absolute Gasteiger partial charge is 0.313 e. The minimum absolute atomic E-state index is 0. The lowest BCUT2D eigenvalue weighted by atomic mass is 10.2. The summed E-state index contributed by atoms with van der Waals surface area (Å²) in [6, 6.07) is 6.98. The van der Waals surface area contributed by atoms with E-state index in [1.165, 1.54) is 0 Å². The van der Waals surface area contributed by atoms with Gasteiger partial charge in [-0.3, -0.25) is 4.98 Å². The summed E-state index contributed by atoms with van der Waals surface area (Å²) in [5.74, 6) is 0. The van der Waals surface area contributed by atoms with Gasteiger partial charge in [-0.1, -0.05) is 19.4 Å². The molecule has 0 spiro atoms. The third kappa shape index (κ3) is 6.53. The van der Waals surface area contributed by atoms with Crippen LogP contribution in [0.2, 0.25) is 0 Å². The highest BCUT2D eigenvalue weighted by Crippen LogP contribution is 2.17. The molecule has 8 heteroatoms. The Morgan fingerprint density at radius 2 is 1.92 bits per heavy atom. The van der Waals surface area contributed by atoms with E-state index in [2.05, 4.69) is 21.9 Å². The Kier molecular flexibility index (Phi) is 10.4. The van der Waals surface area contributed by atoms with Gasteiger partial charge in [-0.15, -0.1) is 24.8 Å². The molecule has 2 aromatic rings. The molecule has 0 aliphatic rings. The van der Waals surface area contributed by atoms with Crippen molar-refractivity contribution in [1.82, 2.24) is 15.0 Å². The number of nitrogens with one attached hydrogen (secondary N) is 2. The predicted octanol–water partition coefficient (Wildman–Crippen LogP) is 3.13. The lowest BCUT2D eigenvalue weighted by Crippen LogP contribution is -2.39. The monoisotopic (exact) mass is 393 g/mol. The first-order valence-corrected chi connectivity index (χ1v) is 9.08. The number of unbranched alkanes of at least 4 members (excludes halogenated alkanes) is 1. The number of hydrogen-bond donors (Lipinski definition) is 2. The van der Waals surface area contributed by atoms with Crippen LogP contribution >= 0.6 is 24.8 Å². The lowest BCUT2D eigenvalue weighted by Gasteiger charge is -2.15. The Morgan fingerprint density at radius 1 is 1.17 bits per heavy atom. The van der Waals surface area contributed by atoms with Crippen LogP contribution in [0, 0.1) is 0 Å². The highest BCUT2D eigenvalue weighted by molar-refractivity contribution is 7.89. The van der Waals surface area contributed by atoms with Crippen LogP contribution in [-0.2, 0) is 10.0 Å². The predicted molar refractivity (Wildman–Crippen MR) is 104 cm³/mol. The normalized spacial score (nSPS) is 12.2. The molecule has 136 valence electrons. The second-order valence-corrected chi connectivity index (χ2v) is 7.21. The number of fused-ring (bicyclic) bond motifs is 1. The molecule has 0 bridgehead atoms. The van der Waals surface area contributed by atoms with Gasteiger partial charge in [0.15, 0.2) is 0 Å². The van der Waals surface area contributed by atoms with Crippen LogP contribution in [0.5, 0.6) is 0 Å². The summed E-state index contributed by atoms with van der Waals surface area (Å²) in [7, 11) is -3.49. The molecule has 5 nitrogen and oxygen atoms in total. The Hall–Kier alpha value is -0.920. The van der Waals surface area contributed by atoms with Crippen LogP contribution in [0.25, 0.3) is 10.8 Å². The summed E-state index contributed by atoms with van der Waals surface area (Å²) in [5.41, 5.74) is 0. The number of halogens is 2. The SMILES string of the molecule is CCCCNC(C)CNS(=O)(=O)c1ccc2cnccc2c1.Cl.Cl. The van der Waals surface area contributed by atoms with Gasteiger partial charge < -0.3 is 5.32 Å². The van der Waals surface area contributed by atoms with E-state index in [0.717, 1.165) is 30.2 Å². The van der Waals surface area contributed by atoms with Gasteiger partial charge in [0.05, 0.1) is 4.90 Å². The smallest absolute Gasteiger partial charge is 0.240 e. The molecular weight excluding hydrogens is 369 g/mol. The van der Waals surface area contributed by atoms with E-state index in [1.54, 1.807) is 30.6 Å². The van der Waals surface area contributed by atoms with E-state index in [-0.39, 0.29) is 35.8 Å². The van der Waals surface area contributed by atoms with E-state index in [9.17, 15) is 8.42 Å². The first-order chi connectivity index (χ1) is 10.5. The fraction of sp³-hybridized carbons (Fsp3) is 0.438. The summed E-state index contributed by atoms with van der Waals surface area (Å²) in [6.45, 7) is 5.39. The highest BCUT2D eigenvalue weighted by Gasteiger charge is 2.15. The van der Waals surface area contributed by atoms with Gasteiger partial charge in [0.1, 0.15) is 0 Å². The molecule has 0 aliphatic carbocycles. The van der Waals surface area contributed by atoms with Crippen molar-refractivity contribution in [3.05, 3.63) is 36.7 Å². The molecule has 1 unspecified atom stereocenters. The molecule has 1 atom stereocenters. The van der Waals surface area contributed by atoms with Crippen molar-refractivity contribution in [2.24, 2.45) is 0 Å². The Bertz CT molecular complexity index is 726. The maximum absolute atomic E-state index is 12.4. The summed E-state index contributed by atoms with van der Waals surface area (Å²) < 4.78 is 27.4. The van der Waals surface area contributed by atoms with Crippen LogP contribution in [0.15, 0.2) is 41.6 Å². The summed E-state index contributed by atoms with van der Waals surface area (Å²) in [4.78, 5) is 4.31. The molecule has 0 fully saturated rings. The summed E-state index contributed by atoms with van der Waals surface area (Å²) in [6.07, 6.45) is 5.60. The van der Waals surface area contributed by atoms with E-state index in [1.807, 2.05) is 13.0 Å². The topological polar surface area (TPSA) is 71.1 Å². The summed E-state index contributed by atoms with van der Waals surface area (Å²) in [5, 5.41) is 5.10. The van der Waals surface area contributed by atoms with Crippen LogP contribution in [0.4, 0.5) is 0 Å². The van der Waals surface area contributed by atoms with Crippen molar-refractivity contribution in [1.29, 1.82) is 0 Å². The molecule has 0 amide bonds. The van der Waals surface area contributed by atoms with Gasteiger partial charge in [-0.05, 0) is 43.5 Å². The van der Waals surface area contributed by atoms with E-state index >= 15 is 0 Å². The van der Waals surface area contributed by atoms with E-state index in [4.69, 9.17) is 0 Å². The standard InChI is InChI=1S/C16H23N3O2S.2ClH/c1-3-4-8-18-13(2)11-19-22(20,21)16-6-5-15-12-17-9-7-14(15)10-16;;/h5-7,9-10,12-13,18-19H,3-4,8,11H2,1-2H3;2*1H. The second kappa shape index (κ2) is 10.8. The Morgan fingerprint density at radius 3 is 2.62 bits per heavy atom. The van der Waals surface area contributed by atoms with Gasteiger partial charge in [-0.25, -0.2) is 13.1 Å². The fourth-order valence-corrected chi connectivity index (χ4v) is 3.31. The lowest BCUT2D eigenvalue weighted by molar-refractivity contribution is 0.515. The second-order valence-electron chi connectivity index (χ2n) is 5.45. The van der Waals surface area contributed by atoms with Gasteiger partial charge in [0.2, 0.25) is 10.0 Å². The molecule has 0 saturated heterocycles. The zero-order valence-electron chi connectivity index (χ0n) is 13.9. The molecule has 1 aromatic carbocycles. The van der Waals surface area contributed by atoms with Gasteiger partial charge in [0, 0.05) is 30.4 Å². The molecular formula is C16H25Cl2N3O2S. The van der Waals surface area contributed by atoms with Crippen molar-refractivity contribution in [2.75, 3.05) is 13.1 Å². The van der Waals surface area contributed by atoms with Crippen LogP contribution in [-0.4, -0.2) is 32.5 Å². The van der Waals surface area contributed by atoms with Crippen molar-refractivity contribution >= 4 is 45.6 Å². The number of aromatic nitrogens is 1. The molecule has 1 heterocycles. The zero-order valence-corrected chi connectivity index (χ0v) is 16.3. The van der Waals surface area contributed by atoms with E-state index < -0.39 is 10.0 Å². The van der Waals surface area contributed by atoms with E-state index in [0.29, 0.717) is 6.54 Å². The molecule has 0 radical (unpaired) electrons. The van der Waals surface area contributed by atoms with Crippen LogP contribution < -0.4 is 10.0 Å². The number of hydrogen-bond acceptors (Lipinski definition) is 4. The quantitative estimate of drug-likeness (QED) is 0.675. The van der Waals surface area contributed by atoms with Crippen molar-refractivity contribution in [2.45, 2.75) is 37.6 Å². The number of sulfonamides is 1. The molecule has 24 heavy (non-hydrogen) atoms. The van der Waals surface area contributed by atoms with Crippen molar-refractivity contribution in [3.8, 4) is 0 Å². The van der Waals surface area contributed by atoms with Crippen molar-refractivity contribution < 1.29 is 8.42 Å². The third-order valence-corrected chi connectivity index (χ3v) is 4.95. The fourth-order valence-electron chi connectivity index (χ4n) is 2.14. The summed E-state index contributed by atoms with van der Waals surface area (Å²) >= 11 is 0. The maximum Gasteiger partial charge on any atom is 0.240 e. The third-order valence-electron chi connectivity index (χ3n) is 3.53. The molecule has 0 saturated carbocycles. The number of pyridine rings is 1. The molecule has 2 rings (SSSR count). The van der Waals surface area contributed by atoms with Gasteiger partial charge in [0.25, 0.3) is 0 Å². The average molecular weight is 394 g/mol. The zero-order chi connectivity index (χ0) is 16.0. The van der Waals surface area contributed by atoms with Crippen LogP contribution in [0.3, 0.4) is 0 Å². The minimum Gasteiger partial charge on any atom is -0.313 e. The minimum atomic E-state index is -3.49.